The fourth-order valence-electron chi connectivity index (χ4n) is 6.93. The van der Waals surface area contributed by atoms with Crippen LogP contribution in [-0.4, -0.2) is 28.5 Å². The number of imide groups is 1. The van der Waals surface area contributed by atoms with Gasteiger partial charge < -0.3 is 10.4 Å². The highest BCUT2D eigenvalue weighted by Gasteiger charge is 2.56. The molecule has 0 radical (unpaired) electrons. The van der Waals surface area contributed by atoms with Crippen molar-refractivity contribution in [2.24, 2.45) is 17.8 Å². The maximum Gasteiger partial charge on any atom is 0.238 e. The minimum absolute atomic E-state index is 0.00606. The van der Waals surface area contributed by atoms with E-state index in [1.807, 2.05) is 48.5 Å². The molecule has 4 unspecified atom stereocenters. The minimum atomic E-state index is -0.686. The molecule has 0 saturated carbocycles. The van der Waals surface area contributed by atoms with Crippen molar-refractivity contribution in [3.05, 3.63) is 118 Å². The number of aromatic hydroxyl groups is 1. The highest BCUT2D eigenvalue weighted by atomic mass is 79.9. The van der Waals surface area contributed by atoms with E-state index in [0.29, 0.717) is 28.8 Å². The van der Waals surface area contributed by atoms with Crippen molar-refractivity contribution in [1.29, 1.82) is 0 Å². The predicted octanol–water partition coefficient (Wildman–Crippen LogP) is 6.10. The number of Topliss-reactive ketones (excluding diaryl/α,β-unsaturated/α-hetero) is 1. The number of nitrogens with one attached hydrogen (secondary N) is 1. The molecule has 3 aromatic rings. The smallest absolute Gasteiger partial charge is 0.238 e. The molecule has 3 aliphatic carbocycles. The number of anilines is 3. The fourth-order valence-corrected chi connectivity index (χ4v) is 7.38. The predicted molar refractivity (Wildman–Crippen MR) is 161 cm³/mol. The van der Waals surface area contributed by atoms with Crippen molar-refractivity contribution in [2.75, 3.05) is 10.2 Å². The van der Waals surface area contributed by atoms with Crippen LogP contribution in [0.4, 0.5) is 17.1 Å². The van der Waals surface area contributed by atoms with Gasteiger partial charge in [0.2, 0.25) is 11.8 Å². The Bertz CT molecular complexity index is 1770. The second-order valence-electron chi connectivity index (χ2n) is 11.0. The number of carbonyl (C=O) groups is 4. The molecule has 2 amide bonds. The van der Waals surface area contributed by atoms with Crippen LogP contribution in [-0.2, 0) is 19.2 Å². The number of phenols is 1. The summed E-state index contributed by atoms with van der Waals surface area (Å²) in [5, 5.41) is 14.1. The Morgan fingerprint density at radius 3 is 2.24 bits per heavy atom. The molecule has 0 aromatic heterocycles. The summed E-state index contributed by atoms with van der Waals surface area (Å²) in [5.74, 6) is -3.59. The molecular weight excluding hydrogens is 596 g/mol. The van der Waals surface area contributed by atoms with Gasteiger partial charge in [0.15, 0.2) is 11.6 Å². The first kappa shape index (κ1) is 26.3. The maximum atomic E-state index is 14.1. The van der Waals surface area contributed by atoms with Gasteiger partial charge in [0.25, 0.3) is 0 Å². The van der Waals surface area contributed by atoms with Crippen LogP contribution in [0.1, 0.15) is 24.3 Å². The van der Waals surface area contributed by atoms with Crippen molar-refractivity contribution < 1.29 is 24.3 Å². The number of halogens is 1. The quantitative estimate of drug-likeness (QED) is 0.207. The number of hydrogen-bond acceptors (Lipinski definition) is 6. The zero-order valence-corrected chi connectivity index (χ0v) is 23.9. The second kappa shape index (κ2) is 10.1. The fraction of sp³-hybridized carbons (Fsp3) is 0.176. The Morgan fingerprint density at radius 1 is 0.810 bits per heavy atom. The van der Waals surface area contributed by atoms with Crippen LogP contribution in [0.2, 0.25) is 0 Å². The van der Waals surface area contributed by atoms with Crippen LogP contribution >= 0.6 is 15.9 Å². The van der Waals surface area contributed by atoms with Gasteiger partial charge in [-0.3, -0.25) is 24.1 Å². The normalized spacial score (nSPS) is 25.0. The number of para-hydroxylation sites is 2. The van der Waals surface area contributed by atoms with Gasteiger partial charge in [-0.1, -0.05) is 48.0 Å². The third-order valence-electron chi connectivity index (χ3n) is 8.77. The molecule has 3 aromatic carbocycles. The molecule has 208 valence electrons. The molecule has 8 heteroatoms. The third kappa shape index (κ3) is 4.09. The van der Waals surface area contributed by atoms with Crippen LogP contribution in [0.5, 0.6) is 5.75 Å². The molecular formula is C34H25BrN2O5. The lowest BCUT2D eigenvalue weighted by Gasteiger charge is -2.42. The van der Waals surface area contributed by atoms with Crippen LogP contribution in [0.3, 0.4) is 0 Å². The van der Waals surface area contributed by atoms with Gasteiger partial charge in [-0.15, -0.1) is 0 Å². The molecule has 7 nitrogen and oxygen atoms in total. The summed E-state index contributed by atoms with van der Waals surface area (Å²) >= 11 is 3.24. The maximum absolute atomic E-state index is 14.1. The van der Waals surface area contributed by atoms with Crippen molar-refractivity contribution in [1.82, 2.24) is 0 Å². The number of allylic oxidation sites excluding steroid dienone is 6. The van der Waals surface area contributed by atoms with Gasteiger partial charge in [-0.25, -0.2) is 0 Å². The topological polar surface area (TPSA) is 104 Å². The standard InChI is InChI=1S/C34H25BrN2O5/c35-26-17-28(39)31-25(32(26)40)16-24-21(29(31)22-8-4-5-9-27(22)38)14-15-23-30(24)34(42)37(33(23)41)20-12-10-19(11-13-20)36-18-6-2-1-3-7-18/h1-14,17,23-24,29-30,36,38H,15-16H2. The summed E-state index contributed by atoms with van der Waals surface area (Å²) in [6, 6.07) is 23.6. The van der Waals surface area contributed by atoms with E-state index in [4.69, 9.17) is 0 Å². The first-order chi connectivity index (χ1) is 20.3. The van der Waals surface area contributed by atoms with Crippen molar-refractivity contribution in [3.63, 3.8) is 0 Å². The van der Waals surface area contributed by atoms with E-state index in [1.165, 1.54) is 11.0 Å². The molecule has 1 heterocycles. The first-order valence-corrected chi connectivity index (χ1v) is 14.6. The molecule has 4 aliphatic rings. The Hall–Kier alpha value is -4.56. The van der Waals surface area contributed by atoms with Crippen LogP contribution < -0.4 is 10.2 Å². The highest BCUT2D eigenvalue weighted by Crippen LogP contribution is 2.56. The number of ketones is 2. The Kier molecular flexibility index (Phi) is 6.31. The van der Waals surface area contributed by atoms with Gasteiger partial charge in [0.05, 0.1) is 22.0 Å². The summed E-state index contributed by atoms with van der Waals surface area (Å²) in [6.45, 7) is 0. The lowest BCUT2D eigenvalue weighted by Crippen LogP contribution is -2.39. The Labute approximate surface area is 250 Å². The van der Waals surface area contributed by atoms with E-state index in [1.54, 1.807) is 36.4 Å². The lowest BCUT2D eigenvalue weighted by molar-refractivity contribution is -0.123. The molecule has 7 rings (SSSR count). The summed E-state index contributed by atoms with van der Waals surface area (Å²) in [7, 11) is 0. The number of carbonyl (C=O) groups excluding carboxylic acids is 4. The van der Waals surface area contributed by atoms with E-state index < -0.39 is 23.7 Å². The molecule has 4 atom stereocenters. The average Bonchev–Trinajstić information content (AvgIpc) is 3.25. The Morgan fingerprint density at radius 2 is 1.50 bits per heavy atom. The molecule has 2 N–H and O–H groups in total. The van der Waals surface area contributed by atoms with E-state index in [0.717, 1.165) is 16.9 Å². The number of hydrogen-bond donors (Lipinski definition) is 2. The van der Waals surface area contributed by atoms with Gasteiger partial charge in [-0.2, -0.15) is 0 Å². The lowest BCUT2D eigenvalue weighted by atomic mass is 9.59. The number of rotatable bonds is 4. The van der Waals surface area contributed by atoms with Crippen LogP contribution in [0.15, 0.2) is 112 Å². The van der Waals surface area contributed by atoms with E-state index in [9.17, 15) is 24.3 Å². The minimum Gasteiger partial charge on any atom is -0.508 e. The van der Waals surface area contributed by atoms with Gasteiger partial charge >= 0.3 is 0 Å². The zero-order chi connectivity index (χ0) is 29.1. The van der Waals surface area contributed by atoms with Gasteiger partial charge in [0.1, 0.15) is 5.75 Å². The highest BCUT2D eigenvalue weighted by molar-refractivity contribution is 9.12. The second-order valence-corrected chi connectivity index (χ2v) is 11.9. The monoisotopic (exact) mass is 620 g/mol. The number of fused-ring (bicyclic) bond motifs is 3. The summed E-state index contributed by atoms with van der Waals surface area (Å²) in [5.41, 5.74) is 4.20. The van der Waals surface area contributed by atoms with Crippen molar-refractivity contribution in [3.8, 4) is 5.75 Å². The zero-order valence-electron chi connectivity index (χ0n) is 22.3. The summed E-state index contributed by atoms with van der Waals surface area (Å²) in [4.78, 5) is 55.8. The van der Waals surface area contributed by atoms with Crippen LogP contribution in [0.25, 0.3) is 0 Å². The van der Waals surface area contributed by atoms with E-state index in [2.05, 4.69) is 21.2 Å². The third-order valence-corrected chi connectivity index (χ3v) is 9.36. The van der Waals surface area contributed by atoms with Gasteiger partial charge in [-0.05, 0) is 77.2 Å². The molecule has 0 bridgehead atoms. The summed E-state index contributed by atoms with van der Waals surface area (Å²) < 4.78 is 0.168. The van der Waals surface area contributed by atoms with Gasteiger partial charge in [0, 0.05) is 40.1 Å². The molecule has 42 heavy (non-hydrogen) atoms. The van der Waals surface area contributed by atoms with E-state index >= 15 is 0 Å². The first-order valence-electron chi connectivity index (χ1n) is 13.8. The molecule has 0 spiro atoms. The number of phenolic OH excluding ortho intramolecular Hbond substituents is 1. The molecule has 1 aliphatic heterocycles. The van der Waals surface area contributed by atoms with Crippen molar-refractivity contribution in [2.45, 2.75) is 18.8 Å². The summed E-state index contributed by atoms with van der Waals surface area (Å²) in [6.07, 6.45) is 3.73. The van der Waals surface area contributed by atoms with Crippen LogP contribution in [0, 0.1) is 17.8 Å². The SMILES string of the molecule is O=C1C=C(Br)C(=O)C2=C1C(c1ccccc1O)C1=CCC3C(=O)N(c4ccc(Nc5ccccc5)cc4)C(=O)C3C1C2. The molecule has 1 saturated heterocycles. The largest absolute Gasteiger partial charge is 0.508 e. The number of benzene rings is 3. The van der Waals surface area contributed by atoms with Crippen molar-refractivity contribution >= 4 is 56.4 Å². The number of amides is 2. The van der Waals surface area contributed by atoms with E-state index in [-0.39, 0.29) is 40.0 Å². The molecule has 1 fully saturated rings. The number of nitrogens with zero attached hydrogens (tertiary/aromatic N) is 1. The average molecular weight is 621 g/mol. The Balaban J connectivity index is 1.25.